The van der Waals surface area contributed by atoms with Gasteiger partial charge in [0, 0.05) is 11.0 Å². The summed E-state index contributed by atoms with van der Waals surface area (Å²) in [7, 11) is 4.09. The minimum atomic E-state index is 0.676. The van der Waals surface area contributed by atoms with Crippen molar-refractivity contribution in [2.75, 3.05) is 27.2 Å². The molecule has 0 saturated carbocycles. The molecule has 0 unspecified atom stereocenters. The fraction of sp³-hybridized carbons (Fsp3) is 0.455. The first-order chi connectivity index (χ1) is 6.70. The number of ether oxygens (including phenoxy) is 1. The quantitative estimate of drug-likeness (QED) is 0.752. The minimum absolute atomic E-state index is 0.676. The average molecular weight is 258 g/mol. The van der Waals surface area contributed by atoms with Crippen LogP contribution in [0.15, 0.2) is 28.7 Å². The third-order valence-corrected chi connectivity index (χ3v) is 2.67. The lowest BCUT2D eigenvalue weighted by Gasteiger charge is -2.10. The molecule has 0 spiro atoms. The van der Waals surface area contributed by atoms with Gasteiger partial charge in [0.2, 0.25) is 0 Å². The fourth-order valence-corrected chi connectivity index (χ4v) is 1.44. The third kappa shape index (κ3) is 4.22. The van der Waals surface area contributed by atoms with Crippen molar-refractivity contribution in [3.63, 3.8) is 0 Å². The highest BCUT2D eigenvalue weighted by molar-refractivity contribution is 9.10. The summed E-state index contributed by atoms with van der Waals surface area (Å²) in [5.41, 5.74) is 1.20. The zero-order valence-corrected chi connectivity index (χ0v) is 10.3. The van der Waals surface area contributed by atoms with Gasteiger partial charge < -0.3 is 9.64 Å². The van der Waals surface area contributed by atoms with Crippen LogP contribution in [0.25, 0.3) is 0 Å². The highest BCUT2D eigenvalue weighted by Gasteiger charge is 1.98. The van der Waals surface area contributed by atoms with E-state index in [9.17, 15) is 0 Å². The summed E-state index contributed by atoms with van der Waals surface area (Å²) in [6, 6.07) is 8.13. The Morgan fingerprint density at radius 2 is 2.00 bits per heavy atom. The van der Waals surface area contributed by atoms with Gasteiger partial charge in [-0.05, 0) is 25.7 Å². The number of hydrogen-bond donors (Lipinski definition) is 0. The SMILES string of the molecule is CN(C)CCOCc1ccccc1Br. The molecular weight excluding hydrogens is 242 g/mol. The summed E-state index contributed by atoms with van der Waals surface area (Å²) < 4.78 is 6.66. The van der Waals surface area contributed by atoms with E-state index in [1.807, 2.05) is 32.3 Å². The van der Waals surface area contributed by atoms with Crippen LogP contribution in [-0.4, -0.2) is 32.1 Å². The minimum Gasteiger partial charge on any atom is -0.375 e. The lowest BCUT2D eigenvalue weighted by atomic mass is 10.2. The Morgan fingerprint density at radius 3 is 2.64 bits per heavy atom. The van der Waals surface area contributed by atoms with Crippen LogP contribution in [0.5, 0.6) is 0 Å². The van der Waals surface area contributed by atoms with E-state index >= 15 is 0 Å². The van der Waals surface area contributed by atoms with Crippen LogP contribution in [0, 0.1) is 0 Å². The molecule has 14 heavy (non-hydrogen) atoms. The van der Waals surface area contributed by atoms with Gasteiger partial charge in [-0.3, -0.25) is 0 Å². The maximum absolute atomic E-state index is 5.54. The van der Waals surface area contributed by atoms with E-state index in [0.29, 0.717) is 6.61 Å². The standard InChI is InChI=1S/C11H16BrNO/c1-13(2)7-8-14-9-10-5-3-4-6-11(10)12/h3-6H,7-9H2,1-2H3. The molecule has 0 amide bonds. The first-order valence-electron chi connectivity index (χ1n) is 4.66. The van der Waals surface area contributed by atoms with Crippen molar-refractivity contribution in [3.05, 3.63) is 34.3 Å². The van der Waals surface area contributed by atoms with E-state index in [1.54, 1.807) is 0 Å². The number of likely N-dealkylation sites (N-methyl/N-ethyl adjacent to an activating group) is 1. The molecule has 78 valence electrons. The van der Waals surface area contributed by atoms with Gasteiger partial charge in [0.25, 0.3) is 0 Å². The van der Waals surface area contributed by atoms with Crippen LogP contribution in [0.2, 0.25) is 0 Å². The van der Waals surface area contributed by atoms with Gasteiger partial charge in [0.15, 0.2) is 0 Å². The molecule has 1 rings (SSSR count). The highest BCUT2D eigenvalue weighted by Crippen LogP contribution is 2.16. The summed E-state index contributed by atoms with van der Waals surface area (Å²) in [6.45, 7) is 2.41. The number of rotatable bonds is 5. The van der Waals surface area contributed by atoms with Crippen LogP contribution in [0.1, 0.15) is 5.56 Å². The van der Waals surface area contributed by atoms with Gasteiger partial charge in [0.1, 0.15) is 0 Å². The summed E-state index contributed by atoms with van der Waals surface area (Å²) in [5.74, 6) is 0. The molecule has 0 N–H and O–H groups in total. The Labute approximate surface area is 94.0 Å². The Balaban J connectivity index is 2.28. The molecule has 1 aromatic carbocycles. The van der Waals surface area contributed by atoms with Crippen molar-refractivity contribution < 1.29 is 4.74 Å². The second-order valence-corrected chi connectivity index (χ2v) is 4.30. The lowest BCUT2D eigenvalue weighted by molar-refractivity contribution is 0.105. The Hall–Kier alpha value is -0.380. The van der Waals surface area contributed by atoms with Crippen LogP contribution < -0.4 is 0 Å². The van der Waals surface area contributed by atoms with E-state index in [2.05, 4.69) is 26.9 Å². The van der Waals surface area contributed by atoms with Crippen molar-refractivity contribution in [3.8, 4) is 0 Å². The van der Waals surface area contributed by atoms with Crippen molar-refractivity contribution >= 4 is 15.9 Å². The number of benzene rings is 1. The molecular formula is C11H16BrNO. The first kappa shape index (κ1) is 11.7. The smallest absolute Gasteiger partial charge is 0.0728 e. The predicted octanol–water partition coefficient (Wildman–Crippen LogP) is 2.53. The molecule has 0 atom stereocenters. The van der Waals surface area contributed by atoms with Gasteiger partial charge in [0.05, 0.1) is 13.2 Å². The maximum atomic E-state index is 5.54. The average Bonchev–Trinajstić information content (AvgIpc) is 2.15. The summed E-state index contributed by atoms with van der Waals surface area (Å²) >= 11 is 3.49. The molecule has 0 aliphatic rings. The molecule has 0 heterocycles. The lowest BCUT2D eigenvalue weighted by Crippen LogP contribution is -2.17. The topological polar surface area (TPSA) is 12.5 Å². The van der Waals surface area contributed by atoms with E-state index in [4.69, 9.17) is 4.74 Å². The van der Waals surface area contributed by atoms with Crippen molar-refractivity contribution in [2.45, 2.75) is 6.61 Å². The van der Waals surface area contributed by atoms with Gasteiger partial charge >= 0.3 is 0 Å². The monoisotopic (exact) mass is 257 g/mol. The number of hydrogen-bond acceptors (Lipinski definition) is 2. The van der Waals surface area contributed by atoms with Gasteiger partial charge in [-0.15, -0.1) is 0 Å². The Kier molecular flexibility index (Phi) is 5.15. The zero-order valence-electron chi connectivity index (χ0n) is 8.66. The van der Waals surface area contributed by atoms with Crippen molar-refractivity contribution in [2.24, 2.45) is 0 Å². The molecule has 0 radical (unpaired) electrons. The molecule has 1 aromatic rings. The van der Waals surface area contributed by atoms with E-state index in [1.165, 1.54) is 5.56 Å². The zero-order chi connectivity index (χ0) is 10.4. The molecule has 0 aromatic heterocycles. The Bertz CT molecular complexity index is 276. The summed E-state index contributed by atoms with van der Waals surface area (Å²) in [6.07, 6.45) is 0. The third-order valence-electron chi connectivity index (χ3n) is 1.90. The van der Waals surface area contributed by atoms with E-state index in [-0.39, 0.29) is 0 Å². The van der Waals surface area contributed by atoms with Gasteiger partial charge in [-0.25, -0.2) is 0 Å². The largest absolute Gasteiger partial charge is 0.375 e. The van der Waals surface area contributed by atoms with Gasteiger partial charge in [-0.2, -0.15) is 0 Å². The first-order valence-corrected chi connectivity index (χ1v) is 5.45. The fourth-order valence-electron chi connectivity index (χ4n) is 1.04. The second kappa shape index (κ2) is 6.17. The highest BCUT2D eigenvalue weighted by atomic mass is 79.9. The van der Waals surface area contributed by atoms with Crippen LogP contribution in [0.3, 0.4) is 0 Å². The normalized spacial score (nSPS) is 10.9. The number of halogens is 1. The molecule has 0 aliphatic heterocycles. The van der Waals surface area contributed by atoms with Crippen molar-refractivity contribution in [1.82, 2.24) is 4.90 Å². The van der Waals surface area contributed by atoms with Crippen LogP contribution >= 0.6 is 15.9 Å². The predicted molar refractivity (Wildman–Crippen MR) is 62.4 cm³/mol. The van der Waals surface area contributed by atoms with Gasteiger partial charge in [-0.1, -0.05) is 34.1 Å². The molecule has 0 fully saturated rings. The van der Waals surface area contributed by atoms with Crippen LogP contribution in [-0.2, 0) is 11.3 Å². The maximum Gasteiger partial charge on any atom is 0.0728 e. The summed E-state index contributed by atoms with van der Waals surface area (Å²) in [4.78, 5) is 2.11. The second-order valence-electron chi connectivity index (χ2n) is 3.45. The Morgan fingerprint density at radius 1 is 1.29 bits per heavy atom. The van der Waals surface area contributed by atoms with Crippen molar-refractivity contribution in [1.29, 1.82) is 0 Å². The van der Waals surface area contributed by atoms with E-state index < -0.39 is 0 Å². The molecule has 0 aliphatic carbocycles. The summed E-state index contributed by atoms with van der Waals surface area (Å²) in [5, 5.41) is 0. The molecule has 0 bridgehead atoms. The van der Waals surface area contributed by atoms with E-state index in [0.717, 1.165) is 17.6 Å². The molecule has 3 heteroatoms. The molecule has 2 nitrogen and oxygen atoms in total. The molecule has 0 saturated heterocycles. The number of nitrogens with zero attached hydrogens (tertiary/aromatic N) is 1. The van der Waals surface area contributed by atoms with Crippen LogP contribution in [0.4, 0.5) is 0 Å².